The summed E-state index contributed by atoms with van der Waals surface area (Å²) in [6.45, 7) is 0. The quantitative estimate of drug-likeness (QED) is 0.467. The third kappa shape index (κ3) is 4.00. The van der Waals surface area contributed by atoms with Crippen molar-refractivity contribution < 1.29 is 13.2 Å². The maximum Gasteiger partial charge on any atom is 0.279 e. The van der Waals surface area contributed by atoms with Gasteiger partial charge in [0.15, 0.2) is 10.8 Å². The number of carbonyl (C=O) groups is 1. The van der Waals surface area contributed by atoms with Gasteiger partial charge in [0, 0.05) is 22.8 Å². The Balaban J connectivity index is 1.79. The van der Waals surface area contributed by atoms with E-state index in [1.54, 1.807) is 25.2 Å². The molecule has 0 spiro atoms. The van der Waals surface area contributed by atoms with Crippen LogP contribution in [0.5, 0.6) is 0 Å². The van der Waals surface area contributed by atoms with Gasteiger partial charge in [-0.2, -0.15) is 5.10 Å². The molecular formula is C16H14BrN5O3S2. The lowest BCUT2D eigenvalue weighted by molar-refractivity contribution is -0.112. The average Bonchev–Trinajstić information content (AvgIpc) is 2.84. The van der Waals surface area contributed by atoms with E-state index in [-0.39, 0.29) is 21.6 Å². The third-order valence-corrected chi connectivity index (χ3v) is 5.52. The lowest BCUT2D eigenvalue weighted by atomic mass is 10.1. The second-order valence-corrected chi connectivity index (χ2v) is 8.42. The van der Waals surface area contributed by atoms with Gasteiger partial charge in [-0.3, -0.25) is 10.2 Å². The summed E-state index contributed by atoms with van der Waals surface area (Å²) >= 11 is 8.58. The van der Waals surface area contributed by atoms with Crippen LogP contribution in [0.25, 0.3) is 0 Å². The monoisotopic (exact) mass is 467 g/mol. The fourth-order valence-electron chi connectivity index (χ4n) is 2.55. The zero-order valence-corrected chi connectivity index (χ0v) is 17.2. The minimum absolute atomic E-state index is 0.0482. The molecular weight excluding hydrogens is 454 g/mol. The number of benzene rings is 2. The SMILES string of the molecule is CN1C(=O)C(=NNC(=S)Nc2cccc(S(N)(=O)=O)c2)c2cccc(Br)c21. The number of amides is 1. The second-order valence-electron chi connectivity index (χ2n) is 5.60. The number of thiocarbonyl (C=S) groups is 1. The molecule has 4 N–H and O–H groups in total. The van der Waals surface area contributed by atoms with E-state index in [2.05, 4.69) is 31.8 Å². The van der Waals surface area contributed by atoms with Crippen LogP contribution >= 0.6 is 28.1 Å². The summed E-state index contributed by atoms with van der Waals surface area (Å²) in [5.74, 6) is -0.275. The highest BCUT2D eigenvalue weighted by molar-refractivity contribution is 9.10. The molecule has 1 aliphatic heterocycles. The number of primary sulfonamides is 1. The van der Waals surface area contributed by atoms with Crippen molar-refractivity contribution in [3.8, 4) is 0 Å². The number of fused-ring (bicyclic) bond motifs is 1. The van der Waals surface area contributed by atoms with Crippen LogP contribution in [-0.4, -0.2) is 32.2 Å². The van der Waals surface area contributed by atoms with Gasteiger partial charge >= 0.3 is 0 Å². The molecule has 3 rings (SSSR count). The predicted octanol–water partition coefficient (Wildman–Crippen LogP) is 1.76. The molecule has 2 aromatic carbocycles. The molecule has 0 radical (unpaired) electrons. The molecule has 0 bridgehead atoms. The number of para-hydroxylation sites is 1. The maximum absolute atomic E-state index is 12.4. The fraction of sp³-hybridized carbons (Fsp3) is 0.0625. The third-order valence-electron chi connectivity index (χ3n) is 3.77. The highest BCUT2D eigenvalue weighted by Crippen LogP contribution is 2.35. The Morgan fingerprint density at radius 2 is 1.96 bits per heavy atom. The average molecular weight is 468 g/mol. The number of anilines is 2. The Kier molecular flexibility index (Phi) is 5.29. The van der Waals surface area contributed by atoms with Crippen molar-refractivity contribution in [1.29, 1.82) is 0 Å². The second kappa shape index (κ2) is 7.35. The van der Waals surface area contributed by atoms with Gasteiger partial charge in [0.25, 0.3) is 5.91 Å². The number of nitrogens with zero attached hydrogens (tertiary/aromatic N) is 2. The van der Waals surface area contributed by atoms with Crippen LogP contribution in [0.2, 0.25) is 0 Å². The minimum Gasteiger partial charge on any atom is -0.331 e. The van der Waals surface area contributed by atoms with E-state index < -0.39 is 10.0 Å². The number of hydrogen-bond acceptors (Lipinski definition) is 5. The van der Waals surface area contributed by atoms with E-state index in [0.717, 1.165) is 10.2 Å². The fourth-order valence-corrected chi connectivity index (χ4v) is 3.90. The van der Waals surface area contributed by atoms with Crippen molar-refractivity contribution >= 4 is 66.3 Å². The van der Waals surface area contributed by atoms with Crippen molar-refractivity contribution in [2.45, 2.75) is 4.90 Å². The predicted molar refractivity (Wildman–Crippen MR) is 111 cm³/mol. The van der Waals surface area contributed by atoms with Crippen LogP contribution in [0.4, 0.5) is 11.4 Å². The van der Waals surface area contributed by atoms with Crippen LogP contribution in [0, 0.1) is 0 Å². The summed E-state index contributed by atoms with van der Waals surface area (Å²) in [6, 6.07) is 11.3. The number of halogens is 1. The van der Waals surface area contributed by atoms with E-state index >= 15 is 0 Å². The highest BCUT2D eigenvalue weighted by Gasteiger charge is 2.33. The Hall–Kier alpha value is -2.34. The molecule has 0 saturated carbocycles. The van der Waals surface area contributed by atoms with E-state index in [9.17, 15) is 13.2 Å². The summed E-state index contributed by atoms with van der Waals surface area (Å²) in [5, 5.41) is 12.1. The molecule has 1 aliphatic rings. The molecule has 0 saturated heterocycles. The first-order valence-electron chi connectivity index (χ1n) is 7.53. The van der Waals surface area contributed by atoms with Crippen LogP contribution in [0.3, 0.4) is 0 Å². The van der Waals surface area contributed by atoms with Gasteiger partial charge in [-0.05, 0) is 52.4 Å². The van der Waals surface area contributed by atoms with Crippen LogP contribution < -0.4 is 20.8 Å². The van der Waals surface area contributed by atoms with Crippen LogP contribution in [0.15, 0.2) is 56.9 Å². The van der Waals surface area contributed by atoms with Crippen LogP contribution in [0.1, 0.15) is 5.56 Å². The Morgan fingerprint density at radius 1 is 1.26 bits per heavy atom. The number of nitrogens with one attached hydrogen (secondary N) is 2. The molecule has 27 heavy (non-hydrogen) atoms. The van der Waals surface area contributed by atoms with Crippen molar-refractivity contribution in [2.24, 2.45) is 10.2 Å². The van der Waals surface area contributed by atoms with E-state index in [1.165, 1.54) is 23.1 Å². The van der Waals surface area contributed by atoms with Gasteiger partial charge in [0.2, 0.25) is 10.0 Å². The van der Waals surface area contributed by atoms with Crippen molar-refractivity contribution in [1.82, 2.24) is 5.43 Å². The smallest absolute Gasteiger partial charge is 0.279 e. The van der Waals surface area contributed by atoms with Gasteiger partial charge in [-0.15, -0.1) is 0 Å². The zero-order chi connectivity index (χ0) is 19.8. The maximum atomic E-state index is 12.4. The molecule has 11 heteroatoms. The number of carbonyl (C=O) groups excluding carboxylic acids is 1. The normalized spacial score (nSPS) is 15.0. The molecule has 8 nitrogen and oxygen atoms in total. The largest absolute Gasteiger partial charge is 0.331 e. The summed E-state index contributed by atoms with van der Waals surface area (Å²) in [7, 11) is -2.17. The molecule has 0 fully saturated rings. The number of sulfonamides is 1. The van der Waals surface area contributed by atoms with Gasteiger partial charge in [-0.25, -0.2) is 13.6 Å². The van der Waals surface area contributed by atoms with Gasteiger partial charge in [-0.1, -0.05) is 18.2 Å². The molecule has 140 valence electrons. The lowest BCUT2D eigenvalue weighted by Gasteiger charge is -2.10. The molecule has 0 aromatic heterocycles. The van der Waals surface area contributed by atoms with E-state index in [4.69, 9.17) is 17.4 Å². The summed E-state index contributed by atoms with van der Waals surface area (Å²) in [6.07, 6.45) is 0. The summed E-state index contributed by atoms with van der Waals surface area (Å²) < 4.78 is 23.6. The van der Waals surface area contributed by atoms with Crippen molar-refractivity contribution in [3.05, 3.63) is 52.5 Å². The molecule has 1 heterocycles. The molecule has 2 aromatic rings. The molecule has 0 atom stereocenters. The van der Waals surface area contributed by atoms with Crippen molar-refractivity contribution in [2.75, 3.05) is 17.3 Å². The summed E-state index contributed by atoms with van der Waals surface area (Å²) in [4.78, 5) is 13.9. The summed E-state index contributed by atoms with van der Waals surface area (Å²) in [5.41, 5.74) is 4.63. The van der Waals surface area contributed by atoms with E-state index in [0.29, 0.717) is 11.3 Å². The number of rotatable bonds is 3. The topological polar surface area (TPSA) is 117 Å². The molecule has 0 aliphatic carbocycles. The zero-order valence-electron chi connectivity index (χ0n) is 13.9. The van der Waals surface area contributed by atoms with Gasteiger partial charge < -0.3 is 10.2 Å². The first-order chi connectivity index (χ1) is 12.7. The highest BCUT2D eigenvalue weighted by atomic mass is 79.9. The lowest BCUT2D eigenvalue weighted by Crippen LogP contribution is -2.30. The minimum atomic E-state index is -3.82. The Labute approximate surface area is 169 Å². The van der Waals surface area contributed by atoms with Gasteiger partial charge in [0.05, 0.1) is 10.6 Å². The standard InChI is InChI=1S/C16H14BrN5O3S2/c1-22-14-11(6-3-7-12(14)17)13(15(22)23)20-21-16(26)19-9-4-2-5-10(8-9)27(18,24)25/h2-8H,1H3,(H2,18,24,25)(H2,19,21,26). The number of hydrogen-bond donors (Lipinski definition) is 3. The molecule has 0 unspecified atom stereocenters. The van der Waals surface area contributed by atoms with E-state index in [1.807, 2.05) is 6.07 Å². The van der Waals surface area contributed by atoms with Gasteiger partial charge in [0.1, 0.15) is 0 Å². The first kappa shape index (κ1) is 19.4. The number of likely N-dealkylation sites (N-methyl/N-ethyl adjacent to an activating group) is 1. The van der Waals surface area contributed by atoms with Crippen molar-refractivity contribution in [3.63, 3.8) is 0 Å². The Bertz CT molecular complexity index is 1090. The Morgan fingerprint density at radius 3 is 2.67 bits per heavy atom. The van der Waals surface area contributed by atoms with Crippen LogP contribution in [-0.2, 0) is 14.8 Å². The number of hydrazone groups is 1. The number of nitrogens with two attached hydrogens (primary N) is 1. The molecule has 1 amide bonds. The first-order valence-corrected chi connectivity index (χ1v) is 10.3.